The largest absolute Gasteiger partial charge is 0.395 e. The number of aliphatic hydroxyl groups excluding tert-OH is 1. The summed E-state index contributed by atoms with van der Waals surface area (Å²) in [5, 5.41) is 15.9. The van der Waals surface area contributed by atoms with Gasteiger partial charge in [0, 0.05) is 11.9 Å². The fourth-order valence-electron chi connectivity index (χ4n) is 1.64. The first-order valence-electron chi connectivity index (χ1n) is 5.43. The molecule has 90 valence electrons. The molecule has 0 atom stereocenters. The van der Waals surface area contributed by atoms with E-state index in [-0.39, 0.29) is 25.5 Å². The molecule has 5 nitrogen and oxygen atoms in total. The molecule has 17 heavy (non-hydrogen) atoms. The van der Waals surface area contributed by atoms with Crippen LogP contribution in [-0.4, -0.2) is 29.3 Å². The van der Waals surface area contributed by atoms with Crippen molar-refractivity contribution in [3.05, 3.63) is 29.5 Å². The van der Waals surface area contributed by atoms with Gasteiger partial charge in [-0.2, -0.15) is 0 Å². The standard InChI is InChI=1S/C12H14N2O3/c1-8-2-3-11-9(6-8)10(14-17-11)7-12(16)13-4-5-15/h2-3,6,15H,4-5,7H2,1H3,(H,13,16). The molecule has 0 fully saturated rings. The number of hydrogen-bond acceptors (Lipinski definition) is 4. The average Bonchev–Trinajstić information content (AvgIpc) is 2.69. The molecule has 5 heteroatoms. The van der Waals surface area contributed by atoms with Gasteiger partial charge in [-0.15, -0.1) is 0 Å². The maximum Gasteiger partial charge on any atom is 0.226 e. The van der Waals surface area contributed by atoms with E-state index in [2.05, 4.69) is 10.5 Å². The summed E-state index contributed by atoms with van der Waals surface area (Å²) in [7, 11) is 0. The zero-order chi connectivity index (χ0) is 12.3. The van der Waals surface area contributed by atoms with E-state index in [0.29, 0.717) is 11.3 Å². The monoisotopic (exact) mass is 234 g/mol. The van der Waals surface area contributed by atoms with Crippen LogP contribution in [0.5, 0.6) is 0 Å². The molecule has 0 radical (unpaired) electrons. The average molecular weight is 234 g/mol. The number of benzene rings is 1. The highest BCUT2D eigenvalue weighted by Crippen LogP contribution is 2.20. The first-order valence-corrected chi connectivity index (χ1v) is 5.43. The number of carbonyl (C=O) groups is 1. The summed E-state index contributed by atoms with van der Waals surface area (Å²) in [6.45, 7) is 2.17. The van der Waals surface area contributed by atoms with Gasteiger partial charge in [-0.1, -0.05) is 16.8 Å². The second-order valence-electron chi connectivity index (χ2n) is 3.88. The Kier molecular flexibility index (Phi) is 3.39. The van der Waals surface area contributed by atoms with Crippen LogP contribution in [-0.2, 0) is 11.2 Å². The summed E-state index contributed by atoms with van der Waals surface area (Å²) in [5.74, 6) is -0.171. The Morgan fingerprint density at radius 2 is 2.35 bits per heavy atom. The Hall–Kier alpha value is -1.88. The van der Waals surface area contributed by atoms with E-state index in [1.807, 2.05) is 25.1 Å². The Labute approximate surface area is 98.4 Å². The Morgan fingerprint density at radius 3 is 3.12 bits per heavy atom. The lowest BCUT2D eigenvalue weighted by molar-refractivity contribution is -0.120. The molecule has 1 heterocycles. The van der Waals surface area contributed by atoms with E-state index < -0.39 is 0 Å². The van der Waals surface area contributed by atoms with Gasteiger partial charge >= 0.3 is 0 Å². The van der Waals surface area contributed by atoms with Crippen LogP contribution in [0.4, 0.5) is 0 Å². The van der Waals surface area contributed by atoms with E-state index in [1.165, 1.54) is 0 Å². The van der Waals surface area contributed by atoms with E-state index >= 15 is 0 Å². The highest BCUT2D eigenvalue weighted by Gasteiger charge is 2.11. The number of aryl methyl sites for hydroxylation is 1. The van der Waals surface area contributed by atoms with Crippen LogP contribution in [0.25, 0.3) is 11.0 Å². The van der Waals surface area contributed by atoms with Crippen LogP contribution in [0.1, 0.15) is 11.3 Å². The Morgan fingerprint density at radius 1 is 1.53 bits per heavy atom. The molecular weight excluding hydrogens is 220 g/mol. The van der Waals surface area contributed by atoms with Gasteiger partial charge in [0.05, 0.1) is 13.0 Å². The molecule has 2 aromatic rings. The molecule has 2 N–H and O–H groups in total. The lowest BCUT2D eigenvalue weighted by Crippen LogP contribution is -2.27. The van der Waals surface area contributed by atoms with Crippen LogP contribution in [0.2, 0.25) is 0 Å². The van der Waals surface area contributed by atoms with E-state index in [4.69, 9.17) is 9.63 Å². The fourth-order valence-corrected chi connectivity index (χ4v) is 1.64. The number of fused-ring (bicyclic) bond motifs is 1. The summed E-state index contributed by atoms with van der Waals surface area (Å²) in [6.07, 6.45) is 0.163. The van der Waals surface area contributed by atoms with Gasteiger partial charge in [0.25, 0.3) is 0 Å². The smallest absolute Gasteiger partial charge is 0.226 e. The van der Waals surface area contributed by atoms with Crippen molar-refractivity contribution in [2.24, 2.45) is 0 Å². The highest BCUT2D eigenvalue weighted by molar-refractivity contribution is 5.86. The summed E-state index contributed by atoms with van der Waals surface area (Å²) in [6, 6.07) is 5.72. The predicted molar refractivity (Wildman–Crippen MR) is 62.5 cm³/mol. The number of amides is 1. The first-order chi connectivity index (χ1) is 8.20. The van der Waals surface area contributed by atoms with Crippen molar-refractivity contribution >= 4 is 16.9 Å². The van der Waals surface area contributed by atoms with Crippen LogP contribution >= 0.6 is 0 Å². The van der Waals surface area contributed by atoms with Crippen LogP contribution in [0.15, 0.2) is 22.7 Å². The molecular formula is C12H14N2O3. The molecule has 1 aromatic carbocycles. The fraction of sp³-hybridized carbons (Fsp3) is 0.333. The van der Waals surface area contributed by atoms with Crippen molar-refractivity contribution in [2.75, 3.05) is 13.2 Å². The van der Waals surface area contributed by atoms with Crippen molar-refractivity contribution in [3.63, 3.8) is 0 Å². The normalized spacial score (nSPS) is 10.7. The minimum Gasteiger partial charge on any atom is -0.395 e. The number of nitrogens with zero attached hydrogens (tertiary/aromatic N) is 1. The second kappa shape index (κ2) is 4.97. The maximum absolute atomic E-state index is 11.5. The van der Waals surface area contributed by atoms with Gasteiger partial charge in [0.1, 0.15) is 5.69 Å². The van der Waals surface area contributed by atoms with Gasteiger partial charge < -0.3 is 14.9 Å². The summed E-state index contributed by atoms with van der Waals surface area (Å²) in [4.78, 5) is 11.5. The van der Waals surface area contributed by atoms with Gasteiger partial charge in [-0.25, -0.2) is 0 Å². The number of hydrogen-bond donors (Lipinski definition) is 2. The molecule has 0 saturated heterocycles. The lowest BCUT2D eigenvalue weighted by Gasteiger charge is -2.00. The van der Waals surface area contributed by atoms with E-state index in [0.717, 1.165) is 10.9 Å². The molecule has 0 aliphatic rings. The van der Waals surface area contributed by atoms with Crippen LogP contribution < -0.4 is 5.32 Å². The molecule has 0 spiro atoms. The molecule has 1 amide bonds. The predicted octanol–water partition coefficient (Wildman–Crippen LogP) is 0.787. The molecule has 2 rings (SSSR count). The second-order valence-corrected chi connectivity index (χ2v) is 3.88. The number of nitrogens with one attached hydrogen (secondary N) is 1. The third-order valence-electron chi connectivity index (χ3n) is 2.46. The van der Waals surface area contributed by atoms with Crippen LogP contribution in [0, 0.1) is 6.92 Å². The summed E-state index contributed by atoms with van der Waals surface area (Å²) < 4.78 is 5.13. The minimum absolute atomic E-state index is 0.0651. The number of aromatic nitrogens is 1. The van der Waals surface area contributed by atoms with E-state index in [9.17, 15) is 4.79 Å². The summed E-state index contributed by atoms with van der Waals surface area (Å²) >= 11 is 0. The van der Waals surface area contributed by atoms with Crippen molar-refractivity contribution in [2.45, 2.75) is 13.3 Å². The van der Waals surface area contributed by atoms with Gasteiger partial charge in [-0.3, -0.25) is 4.79 Å². The van der Waals surface area contributed by atoms with E-state index in [1.54, 1.807) is 0 Å². The quantitative estimate of drug-likeness (QED) is 0.820. The lowest BCUT2D eigenvalue weighted by atomic mass is 10.1. The molecule has 1 aromatic heterocycles. The zero-order valence-electron chi connectivity index (χ0n) is 9.56. The zero-order valence-corrected chi connectivity index (χ0v) is 9.56. The first kappa shape index (κ1) is 11.6. The number of aliphatic hydroxyl groups is 1. The van der Waals surface area contributed by atoms with Gasteiger partial charge in [0.15, 0.2) is 5.58 Å². The van der Waals surface area contributed by atoms with Crippen molar-refractivity contribution in [1.82, 2.24) is 10.5 Å². The topological polar surface area (TPSA) is 75.4 Å². The Balaban J connectivity index is 2.18. The SMILES string of the molecule is Cc1ccc2onc(CC(=O)NCCO)c2c1. The van der Waals surface area contributed by atoms with Crippen molar-refractivity contribution in [1.29, 1.82) is 0 Å². The maximum atomic E-state index is 11.5. The summed E-state index contributed by atoms with van der Waals surface area (Å²) in [5.41, 5.74) is 2.40. The molecule has 0 aliphatic heterocycles. The number of rotatable bonds is 4. The Bertz CT molecular complexity index is 534. The molecule has 0 bridgehead atoms. The third kappa shape index (κ3) is 2.62. The number of carbonyl (C=O) groups excluding carboxylic acids is 1. The minimum atomic E-state index is -0.171. The van der Waals surface area contributed by atoms with Gasteiger partial charge in [-0.05, 0) is 19.1 Å². The third-order valence-corrected chi connectivity index (χ3v) is 2.46. The van der Waals surface area contributed by atoms with Gasteiger partial charge in [0.2, 0.25) is 5.91 Å². The molecule has 0 saturated carbocycles. The van der Waals surface area contributed by atoms with Crippen molar-refractivity contribution < 1.29 is 14.4 Å². The molecule has 0 unspecified atom stereocenters. The highest BCUT2D eigenvalue weighted by atomic mass is 16.5. The van der Waals surface area contributed by atoms with Crippen molar-refractivity contribution in [3.8, 4) is 0 Å². The molecule has 0 aliphatic carbocycles. The van der Waals surface area contributed by atoms with Crippen LogP contribution in [0.3, 0.4) is 0 Å².